The molecule has 1 aliphatic rings. The molecule has 2 aromatic rings. The van der Waals surface area contributed by atoms with Crippen LogP contribution in [0, 0.1) is 5.92 Å². The molecule has 0 aliphatic carbocycles. The molecular weight excluding hydrogens is 306 g/mol. The van der Waals surface area contributed by atoms with Crippen LogP contribution in [-0.4, -0.2) is 30.8 Å². The molecule has 112 valence electrons. The first-order valence-electron chi connectivity index (χ1n) is 6.86. The fourth-order valence-electron chi connectivity index (χ4n) is 2.42. The number of hydrogen-bond donors (Lipinski definition) is 2. The maximum absolute atomic E-state index is 12.1. The van der Waals surface area contributed by atoms with E-state index in [9.17, 15) is 9.90 Å². The molecule has 2 aromatic heterocycles. The van der Waals surface area contributed by atoms with Crippen LogP contribution in [-0.2, 0) is 15.1 Å². The van der Waals surface area contributed by atoms with Crippen LogP contribution in [0.5, 0.6) is 0 Å². The van der Waals surface area contributed by atoms with E-state index in [1.54, 1.807) is 0 Å². The van der Waals surface area contributed by atoms with E-state index in [0.29, 0.717) is 13.2 Å². The average Bonchev–Trinajstić information content (AvgIpc) is 3.27. The Hall–Kier alpha value is -1.21. The molecule has 21 heavy (non-hydrogen) atoms. The molecule has 4 nitrogen and oxygen atoms in total. The molecule has 1 fully saturated rings. The number of carbonyl (C=O) groups excluding carboxylic acids is 1. The van der Waals surface area contributed by atoms with Crippen LogP contribution in [0.1, 0.15) is 16.2 Å². The molecule has 1 amide bonds. The summed E-state index contributed by atoms with van der Waals surface area (Å²) in [6, 6.07) is 7.61. The van der Waals surface area contributed by atoms with Crippen LogP contribution in [0.25, 0.3) is 0 Å². The first-order valence-corrected chi connectivity index (χ1v) is 8.62. The molecular formula is C15H17NO3S2. The maximum atomic E-state index is 12.1. The van der Waals surface area contributed by atoms with E-state index in [-0.39, 0.29) is 18.4 Å². The minimum Gasteiger partial charge on any atom is -0.381 e. The van der Waals surface area contributed by atoms with Gasteiger partial charge in [-0.1, -0.05) is 12.1 Å². The number of aliphatic hydroxyl groups is 1. The van der Waals surface area contributed by atoms with Crippen LogP contribution >= 0.6 is 22.7 Å². The normalized spacial score (nSPS) is 18.8. The van der Waals surface area contributed by atoms with Crippen molar-refractivity contribution in [2.45, 2.75) is 12.0 Å². The van der Waals surface area contributed by atoms with Crippen molar-refractivity contribution in [3.05, 3.63) is 44.8 Å². The fourth-order valence-corrected chi connectivity index (χ4v) is 4.16. The summed E-state index contributed by atoms with van der Waals surface area (Å²) in [4.78, 5) is 13.8. The smallest absolute Gasteiger partial charge is 0.225 e. The molecule has 1 saturated heterocycles. The number of hydrogen-bond acceptors (Lipinski definition) is 5. The number of rotatable bonds is 5. The van der Waals surface area contributed by atoms with Gasteiger partial charge in [0.2, 0.25) is 5.91 Å². The van der Waals surface area contributed by atoms with Gasteiger partial charge >= 0.3 is 0 Å². The van der Waals surface area contributed by atoms with Crippen molar-refractivity contribution in [3.63, 3.8) is 0 Å². The van der Waals surface area contributed by atoms with Crippen molar-refractivity contribution in [1.82, 2.24) is 5.32 Å². The van der Waals surface area contributed by atoms with Crippen LogP contribution in [0.3, 0.4) is 0 Å². The summed E-state index contributed by atoms with van der Waals surface area (Å²) >= 11 is 2.99. The Morgan fingerprint density at radius 2 is 2.00 bits per heavy atom. The highest BCUT2D eigenvalue weighted by Crippen LogP contribution is 2.35. The summed E-state index contributed by atoms with van der Waals surface area (Å²) in [6.07, 6.45) is 0.752. The Morgan fingerprint density at radius 1 is 1.33 bits per heavy atom. The predicted octanol–water partition coefficient (Wildman–Crippen LogP) is 2.20. The molecule has 0 saturated carbocycles. The highest BCUT2D eigenvalue weighted by Gasteiger charge is 2.35. The van der Waals surface area contributed by atoms with E-state index >= 15 is 0 Å². The van der Waals surface area contributed by atoms with Crippen molar-refractivity contribution in [3.8, 4) is 0 Å². The van der Waals surface area contributed by atoms with Gasteiger partial charge in [-0.25, -0.2) is 0 Å². The standard InChI is InChI=1S/C15H17NO3S2/c17-14(11-5-6-19-9-11)16-10-15(18,12-3-1-7-20-12)13-4-2-8-21-13/h1-4,7-8,11,18H,5-6,9-10H2,(H,16,17). The highest BCUT2D eigenvalue weighted by atomic mass is 32.1. The molecule has 1 unspecified atom stereocenters. The van der Waals surface area contributed by atoms with Gasteiger partial charge in [0.15, 0.2) is 0 Å². The van der Waals surface area contributed by atoms with Gasteiger partial charge in [-0.2, -0.15) is 0 Å². The largest absolute Gasteiger partial charge is 0.381 e. The third-order valence-electron chi connectivity index (χ3n) is 3.68. The second-order valence-corrected chi connectivity index (χ2v) is 6.99. The number of carbonyl (C=O) groups is 1. The molecule has 2 N–H and O–H groups in total. The second kappa shape index (κ2) is 6.27. The number of ether oxygens (including phenoxy) is 1. The van der Waals surface area contributed by atoms with Gasteiger partial charge in [-0.05, 0) is 29.3 Å². The fraction of sp³-hybridized carbons (Fsp3) is 0.400. The first kappa shape index (κ1) is 14.7. The monoisotopic (exact) mass is 323 g/mol. The Morgan fingerprint density at radius 3 is 2.48 bits per heavy atom. The molecule has 1 atom stereocenters. The van der Waals surface area contributed by atoms with Crippen molar-refractivity contribution < 1.29 is 14.6 Å². The Bertz CT molecular complexity index is 540. The van der Waals surface area contributed by atoms with Crippen molar-refractivity contribution in [2.24, 2.45) is 5.92 Å². The Kier molecular flexibility index (Phi) is 4.40. The lowest BCUT2D eigenvalue weighted by molar-refractivity contribution is -0.125. The number of nitrogens with one attached hydrogen (secondary N) is 1. The lowest BCUT2D eigenvalue weighted by Crippen LogP contribution is -2.43. The van der Waals surface area contributed by atoms with Crippen molar-refractivity contribution >= 4 is 28.6 Å². The average molecular weight is 323 g/mol. The van der Waals surface area contributed by atoms with Gasteiger partial charge < -0.3 is 15.2 Å². The van der Waals surface area contributed by atoms with Crippen LogP contribution in [0.15, 0.2) is 35.0 Å². The van der Waals surface area contributed by atoms with E-state index in [2.05, 4.69) is 5.32 Å². The molecule has 0 radical (unpaired) electrons. The lowest BCUT2D eigenvalue weighted by atomic mass is 9.99. The summed E-state index contributed by atoms with van der Waals surface area (Å²) in [5.74, 6) is -0.139. The first-order chi connectivity index (χ1) is 10.2. The van der Waals surface area contributed by atoms with E-state index in [1.807, 2.05) is 35.0 Å². The number of amides is 1. The van der Waals surface area contributed by atoms with Crippen molar-refractivity contribution in [2.75, 3.05) is 19.8 Å². The van der Waals surface area contributed by atoms with Gasteiger partial charge in [0, 0.05) is 16.4 Å². The zero-order valence-electron chi connectivity index (χ0n) is 11.5. The quantitative estimate of drug-likeness (QED) is 0.887. The second-order valence-electron chi connectivity index (χ2n) is 5.09. The lowest BCUT2D eigenvalue weighted by Gasteiger charge is -2.27. The van der Waals surface area contributed by atoms with Gasteiger partial charge in [-0.15, -0.1) is 22.7 Å². The maximum Gasteiger partial charge on any atom is 0.225 e. The zero-order chi connectivity index (χ0) is 14.7. The summed E-state index contributed by atoms with van der Waals surface area (Å²) in [6.45, 7) is 1.30. The zero-order valence-corrected chi connectivity index (χ0v) is 13.1. The molecule has 0 aromatic carbocycles. The number of thiophene rings is 2. The van der Waals surface area contributed by atoms with E-state index in [0.717, 1.165) is 16.2 Å². The van der Waals surface area contributed by atoms with Crippen LogP contribution < -0.4 is 5.32 Å². The van der Waals surface area contributed by atoms with Gasteiger partial charge in [0.25, 0.3) is 0 Å². The minimum absolute atomic E-state index is 0.0426. The third kappa shape index (κ3) is 3.03. The van der Waals surface area contributed by atoms with E-state index in [4.69, 9.17) is 4.74 Å². The van der Waals surface area contributed by atoms with Crippen LogP contribution in [0.2, 0.25) is 0 Å². The molecule has 0 spiro atoms. The predicted molar refractivity (Wildman–Crippen MR) is 83.6 cm³/mol. The summed E-state index contributed by atoms with van der Waals surface area (Å²) in [5.41, 5.74) is -1.16. The highest BCUT2D eigenvalue weighted by molar-refractivity contribution is 7.11. The van der Waals surface area contributed by atoms with Gasteiger partial charge in [-0.3, -0.25) is 4.79 Å². The van der Waals surface area contributed by atoms with E-state index in [1.165, 1.54) is 22.7 Å². The molecule has 3 rings (SSSR count). The summed E-state index contributed by atoms with van der Waals surface area (Å²) < 4.78 is 5.24. The van der Waals surface area contributed by atoms with Gasteiger partial charge in [0.1, 0.15) is 5.60 Å². The topological polar surface area (TPSA) is 58.6 Å². The minimum atomic E-state index is -1.16. The molecule has 1 aliphatic heterocycles. The Labute approximate surface area is 131 Å². The summed E-state index contributed by atoms with van der Waals surface area (Å²) in [7, 11) is 0. The summed E-state index contributed by atoms with van der Waals surface area (Å²) in [5, 5.41) is 17.8. The third-order valence-corrected chi connectivity index (χ3v) is 5.72. The van der Waals surface area contributed by atoms with Gasteiger partial charge in [0.05, 0.1) is 19.1 Å². The van der Waals surface area contributed by atoms with Crippen molar-refractivity contribution in [1.29, 1.82) is 0 Å². The Balaban J connectivity index is 1.76. The SMILES string of the molecule is O=C(NCC(O)(c1cccs1)c1cccs1)C1CCOC1. The van der Waals surface area contributed by atoms with E-state index < -0.39 is 5.60 Å². The molecule has 0 bridgehead atoms. The molecule has 6 heteroatoms. The molecule has 3 heterocycles. The van der Waals surface area contributed by atoms with Crippen LogP contribution in [0.4, 0.5) is 0 Å².